The average Bonchev–Trinajstić information content (AvgIpc) is 2.89. The number of aliphatic hydroxyl groups excluding tert-OH is 1. The Balaban J connectivity index is 1.67. The molecule has 1 N–H and O–H groups in total. The Morgan fingerprint density at radius 3 is 2.65 bits per heavy atom. The number of hydrogen-bond donors (Lipinski definition) is 1. The minimum atomic E-state index is -0.676. The molecule has 5 heteroatoms. The zero-order valence-corrected chi connectivity index (χ0v) is 11.7. The summed E-state index contributed by atoms with van der Waals surface area (Å²) in [6, 6.07) is 9.89. The molecule has 2 aliphatic heterocycles. The van der Waals surface area contributed by atoms with Gasteiger partial charge in [-0.05, 0) is 19.4 Å². The van der Waals surface area contributed by atoms with E-state index in [-0.39, 0.29) is 18.8 Å². The molecule has 2 aliphatic rings. The summed E-state index contributed by atoms with van der Waals surface area (Å²) in [5, 5.41) is 9.40. The van der Waals surface area contributed by atoms with Crippen LogP contribution in [0.5, 0.6) is 0 Å². The highest BCUT2D eigenvalue weighted by Crippen LogP contribution is 2.38. The first-order valence-corrected chi connectivity index (χ1v) is 6.86. The molecule has 0 saturated carbocycles. The maximum absolute atomic E-state index is 9.40. The van der Waals surface area contributed by atoms with Crippen molar-refractivity contribution in [3.05, 3.63) is 35.9 Å². The predicted molar refractivity (Wildman–Crippen MR) is 70.8 cm³/mol. The number of benzene rings is 1. The minimum absolute atomic E-state index is 0.112. The second-order valence-electron chi connectivity index (χ2n) is 5.59. The number of ether oxygens (including phenoxy) is 4. The quantitative estimate of drug-likeness (QED) is 0.904. The van der Waals surface area contributed by atoms with Crippen LogP contribution in [0.2, 0.25) is 0 Å². The van der Waals surface area contributed by atoms with Crippen LogP contribution in [-0.2, 0) is 25.6 Å². The van der Waals surface area contributed by atoms with Crippen LogP contribution in [-0.4, -0.2) is 42.1 Å². The van der Waals surface area contributed by atoms with Crippen LogP contribution in [0.3, 0.4) is 0 Å². The van der Waals surface area contributed by atoms with E-state index in [9.17, 15) is 5.11 Å². The Morgan fingerprint density at radius 2 is 1.95 bits per heavy atom. The summed E-state index contributed by atoms with van der Waals surface area (Å²) in [7, 11) is 0. The highest BCUT2D eigenvalue weighted by atomic mass is 16.8. The Labute approximate surface area is 118 Å². The standard InChI is InChI=1S/C15H20O5/c1-15(2)19-13-12(11(8-16)18-14(13)20-15)17-9-10-6-4-3-5-7-10/h3-7,11-14,16H,8-9H2,1-2H3/t11-,12+,13+,14+/m0/s1. The first kappa shape index (κ1) is 14.0. The van der Waals surface area contributed by atoms with Gasteiger partial charge in [0.1, 0.15) is 18.3 Å². The SMILES string of the molecule is CC1(C)O[C@H]2O[C@@H](CO)[C@@H](OCc3ccccc3)[C@H]2O1. The van der Waals surface area contributed by atoms with Crippen LogP contribution in [0.15, 0.2) is 30.3 Å². The number of hydrogen-bond acceptors (Lipinski definition) is 5. The third kappa shape index (κ3) is 2.73. The lowest BCUT2D eigenvalue weighted by atomic mass is 10.1. The van der Waals surface area contributed by atoms with Gasteiger partial charge >= 0.3 is 0 Å². The monoisotopic (exact) mass is 280 g/mol. The minimum Gasteiger partial charge on any atom is -0.394 e. The molecule has 2 fully saturated rings. The van der Waals surface area contributed by atoms with Crippen molar-refractivity contribution in [1.82, 2.24) is 0 Å². The molecule has 5 nitrogen and oxygen atoms in total. The van der Waals surface area contributed by atoms with Gasteiger partial charge in [-0.1, -0.05) is 30.3 Å². The molecule has 2 saturated heterocycles. The van der Waals surface area contributed by atoms with Gasteiger partial charge in [0.15, 0.2) is 12.1 Å². The number of rotatable bonds is 4. The van der Waals surface area contributed by atoms with Crippen molar-refractivity contribution in [2.24, 2.45) is 0 Å². The van der Waals surface area contributed by atoms with Gasteiger partial charge in [0.05, 0.1) is 13.2 Å². The van der Waals surface area contributed by atoms with Gasteiger partial charge in [-0.15, -0.1) is 0 Å². The van der Waals surface area contributed by atoms with Crippen LogP contribution in [0.4, 0.5) is 0 Å². The van der Waals surface area contributed by atoms with E-state index < -0.39 is 18.2 Å². The van der Waals surface area contributed by atoms with Crippen molar-refractivity contribution in [3.63, 3.8) is 0 Å². The zero-order chi connectivity index (χ0) is 14.2. The topological polar surface area (TPSA) is 57.2 Å². The van der Waals surface area contributed by atoms with Gasteiger partial charge in [-0.2, -0.15) is 0 Å². The summed E-state index contributed by atoms with van der Waals surface area (Å²) in [5.74, 6) is -0.676. The van der Waals surface area contributed by atoms with Crippen molar-refractivity contribution >= 4 is 0 Å². The van der Waals surface area contributed by atoms with Crippen LogP contribution in [0, 0.1) is 0 Å². The second kappa shape index (κ2) is 5.42. The van der Waals surface area contributed by atoms with E-state index in [1.807, 2.05) is 44.2 Å². The molecular weight excluding hydrogens is 260 g/mol. The molecule has 2 heterocycles. The Bertz CT molecular complexity index is 447. The van der Waals surface area contributed by atoms with Gasteiger partial charge in [-0.3, -0.25) is 0 Å². The Morgan fingerprint density at radius 1 is 1.20 bits per heavy atom. The summed E-state index contributed by atoms with van der Waals surface area (Å²) < 4.78 is 23.0. The molecule has 1 aromatic carbocycles. The van der Waals surface area contributed by atoms with Crippen molar-refractivity contribution < 1.29 is 24.1 Å². The van der Waals surface area contributed by atoms with E-state index in [1.54, 1.807) is 0 Å². The van der Waals surface area contributed by atoms with E-state index in [0.29, 0.717) is 6.61 Å². The highest BCUT2D eigenvalue weighted by Gasteiger charge is 2.55. The van der Waals surface area contributed by atoms with Gasteiger partial charge in [0.25, 0.3) is 0 Å². The molecule has 0 spiro atoms. The maximum Gasteiger partial charge on any atom is 0.190 e. The third-order valence-corrected chi connectivity index (χ3v) is 3.55. The summed E-state index contributed by atoms with van der Waals surface area (Å²) in [4.78, 5) is 0. The second-order valence-corrected chi connectivity index (χ2v) is 5.59. The molecule has 0 radical (unpaired) electrons. The normalized spacial score (nSPS) is 35.1. The molecule has 20 heavy (non-hydrogen) atoms. The van der Waals surface area contributed by atoms with Crippen molar-refractivity contribution in [1.29, 1.82) is 0 Å². The third-order valence-electron chi connectivity index (χ3n) is 3.55. The number of aliphatic hydroxyl groups is 1. The van der Waals surface area contributed by atoms with Crippen LogP contribution >= 0.6 is 0 Å². The Kier molecular flexibility index (Phi) is 3.79. The summed E-state index contributed by atoms with van der Waals surface area (Å²) >= 11 is 0. The molecule has 0 unspecified atom stereocenters. The highest BCUT2D eigenvalue weighted by molar-refractivity contribution is 5.13. The van der Waals surface area contributed by atoms with Gasteiger partial charge in [0, 0.05) is 0 Å². The molecule has 0 bridgehead atoms. The summed E-state index contributed by atoms with van der Waals surface area (Å²) in [5.41, 5.74) is 1.07. The Hall–Kier alpha value is -0.980. The van der Waals surface area contributed by atoms with Crippen LogP contribution in [0.25, 0.3) is 0 Å². The van der Waals surface area contributed by atoms with E-state index in [2.05, 4.69) is 0 Å². The molecule has 1 aromatic rings. The molecule has 3 rings (SSSR count). The molecule has 4 atom stereocenters. The van der Waals surface area contributed by atoms with Gasteiger partial charge < -0.3 is 24.1 Å². The molecule has 110 valence electrons. The fourth-order valence-electron chi connectivity index (χ4n) is 2.66. The van der Waals surface area contributed by atoms with Crippen molar-refractivity contribution in [2.45, 2.75) is 50.8 Å². The van der Waals surface area contributed by atoms with Gasteiger partial charge in [0.2, 0.25) is 0 Å². The zero-order valence-electron chi connectivity index (χ0n) is 11.7. The van der Waals surface area contributed by atoms with Crippen molar-refractivity contribution in [3.8, 4) is 0 Å². The van der Waals surface area contributed by atoms with E-state index in [0.717, 1.165) is 5.56 Å². The molecule has 0 amide bonds. The summed E-state index contributed by atoms with van der Waals surface area (Å²) in [6.45, 7) is 4.03. The summed E-state index contributed by atoms with van der Waals surface area (Å²) in [6.07, 6.45) is -1.51. The lowest BCUT2D eigenvalue weighted by Gasteiger charge is -2.25. The molecular formula is C15H20O5. The fourth-order valence-corrected chi connectivity index (χ4v) is 2.66. The van der Waals surface area contributed by atoms with E-state index >= 15 is 0 Å². The molecule has 0 aliphatic carbocycles. The largest absolute Gasteiger partial charge is 0.394 e. The lowest BCUT2D eigenvalue weighted by molar-refractivity contribution is -0.222. The first-order chi connectivity index (χ1) is 9.59. The van der Waals surface area contributed by atoms with Gasteiger partial charge in [-0.25, -0.2) is 0 Å². The van der Waals surface area contributed by atoms with E-state index in [4.69, 9.17) is 18.9 Å². The molecule has 0 aromatic heterocycles. The first-order valence-electron chi connectivity index (χ1n) is 6.86. The van der Waals surface area contributed by atoms with Crippen LogP contribution in [0.1, 0.15) is 19.4 Å². The maximum atomic E-state index is 9.40. The number of fused-ring (bicyclic) bond motifs is 1. The van der Waals surface area contributed by atoms with Crippen molar-refractivity contribution in [2.75, 3.05) is 6.61 Å². The van der Waals surface area contributed by atoms with E-state index in [1.165, 1.54) is 0 Å². The lowest BCUT2D eigenvalue weighted by Crippen LogP contribution is -2.38. The average molecular weight is 280 g/mol. The fraction of sp³-hybridized carbons (Fsp3) is 0.600. The van der Waals surface area contributed by atoms with Crippen LogP contribution < -0.4 is 0 Å². The predicted octanol–water partition coefficient (Wildman–Crippen LogP) is 1.44. The smallest absolute Gasteiger partial charge is 0.190 e.